The van der Waals surface area contributed by atoms with E-state index in [9.17, 15) is 4.79 Å². The number of rotatable bonds is 1. The van der Waals surface area contributed by atoms with Gasteiger partial charge in [-0.2, -0.15) is 0 Å². The SMILES string of the molecule is C#Cc1ncccc1OC(C)=O. The van der Waals surface area contributed by atoms with Crippen molar-refractivity contribution in [2.24, 2.45) is 0 Å². The van der Waals surface area contributed by atoms with Crippen LogP contribution >= 0.6 is 0 Å². The number of hydrogen-bond acceptors (Lipinski definition) is 3. The Bertz CT molecular complexity index is 339. The van der Waals surface area contributed by atoms with Gasteiger partial charge in [-0.25, -0.2) is 4.98 Å². The molecule has 0 aliphatic heterocycles. The predicted molar refractivity (Wildman–Crippen MR) is 43.5 cm³/mol. The van der Waals surface area contributed by atoms with E-state index in [-0.39, 0.29) is 0 Å². The minimum Gasteiger partial charge on any atom is -0.424 e. The van der Waals surface area contributed by atoms with Gasteiger partial charge in [0.2, 0.25) is 0 Å². The van der Waals surface area contributed by atoms with Crippen LogP contribution in [0.2, 0.25) is 0 Å². The summed E-state index contributed by atoms with van der Waals surface area (Å²) in [6, 6.07) is 3.25. The first-order chi connectivity index (χ1) is 5.74. The van der Waals surface area contributed by atoms with Crippen LogP contribution in [0.1, 0.15) is 12.6 Å². The van der Waals surface area contributed by atoms with Crippen molar-refractivity contribution in [2.45, 2.75) is 6.92 Å². The van der Waals surface area contributed by atoms with Crippen molar-refractivity contribution in [1.29, 1.82) is 0 Å². The summed E-state index contributed by atoms with van der Waals surface area (Å²) in [7, 11) is 0. The zero-order valence-electron chi connectivity index (χ0n) is 6.57. The average Bonchev–Trinajstić information content (AvgIpc) is 2.04. The standard InChI is InChI=1S/C9H7NO2/c1-3-8-9(12-7(2)11)5-4-6-10-8/h1,4-6H,2H3. The van der Waals surface area contributed by atoms with Crippen molar-refractivity contribution < 1.29 is 9.53 Å². The first-order valence-electron chi connectivity index (χ1n) is 3.34. The number of pyridine rings is 1. The number of aromatic nitrogens is 1. The Morgan fingerprint density at radius 1 is 1.75 bits per heavy atom. The summed E-state index contributed by atoms with van der Waals surface area (Å²) in [5.74, 6) is 2.24. The molecule has 0 spiro atoms. The van der Waals surface area contributed by atoms with Gasteiger partial charge in [0.25, 0.3) is 0 Å². The Balaban J connectivity index is 2.99. The van der Waals surface area contributed by atoms with Crippen LogP contribution in [0.4, 0.5) is 0 Å². The topological polar surface area (TPSA) is 39.2 Å². The molecule has 1 aromatic rings. The molecule has 0 saturated carbocycles. The second-order valence-electron chi connectivity index (χ2n) is 2.09. The molecule has 0 aromatic carbocycles. The minimum absolute atomic E-state index is 0.326. The summed E-state index contributed by atoms with van der Waals surface area (Å²) in [4.78, 5) is 14.4. The van der Waals surface area contributed by atoms with Crippen molar-refractivity contribution in [3.8, 4) is 18.1 Å². The Kier molecular flexibility index (Phi) is 2.44. The van der Waals surface area contributed by atoms with E-state index in [1.54, 1.807) is 18.3 Å². The lowest BCUT2D eigenvalue weighted by Gasteiger charge is -2.01. The normalized spacial score (nSPS) is 8.67. The summed E-state index contributed by atoms with van der Waals surface area (Å²) in [5.41, 5.74) is 0.340. The van der Waals surface area contributed by atoms with Crippen LogP contribution in [0.3, 0.4) is 0 Å². The number of terminal acetylenes is 1. The number of carbonyl (C=O) groups is 1. The van der Waals surface area contributed by atoms with Crippen molar-refractivity contribution >= 4 is 5.97 Å². The molecule has 1 rings (SSSR count). The van der Waals surface area contributed by atoms with E-state index < -0.39 is 5.97 Å². The lowest BCUT2D eigenvalue weighted by atomic mass is 10.3. The Morgan fingerprint density at radius 2 is 2.50 bits per heavy atom. The summed E-state index contributed by atoms with van der Waals surface area (Å²) in [6.45, 7) is 1.31. The molecule has 0 bridgehead atoms. The fourth-order valence-corrected chi connectivity index (χ4v) is 0.736. The van der Waals surface area contributed by atoms with Gasteiger partial charge in [-0.05, 0) is 18.1 Å². The second kappa shape index (κ2) is 3.54. The molecule has 0 aliphatic rings. The third kappa shape index (κ3) is 1.83. The summed E-state index contributed by atoms with van der Waals surface area (Å²) >= 11 is 0. The maximum absolute atomic E-state index is 10.6. The number of ether oxygens (including phenoxy) is 1. The molecule has 60 valence electrons. The van der Waals surface area contributed by atoms with Crippen LogP contribution in [0.15, 0.2) is 18.3 Å². The van der Waals surface area contributed by atoms with Gasteiger partial charge < -0.3 is 4.74 Å². The van der Waals surface area contributed by atoms with E-state index in [1.807, 2.05) is 0 Å². The van der Waals surface area contributed by atoms with Gasteiger partial charge in [0.15, 0.2) is 11.4 Å². The second-order valence-corrected chi connectivity index (χ2v) is 2.09. The third-order valence-electron chi connectivity index (χ3n) is 1.16. The summed E-state index contributed by atoms with van der Waals surface area (Å²) < 4.78 is 4.79. The quantitative estimate of drug-likeness (QED) is 0.455. The predicted octanol–water partition coefficient (Wildman–Crippen LogP) is 0.988. The van der Waals surface area contributed by atoms with Crippen LogP contribution < -0.4 is 4.74 Å². The highest BCUT2D eigenvalue weighted by molar-refractivity contribution is 5.70. The van der Waals surface area contributed by atoms with Crippen LogP contribution in [-0.2, 0) is 4.79 Å². The van der Waals surface area contributed by atoms with Gasteiger partial charge in [0.1, 0.15) is 0 Å². The number of hydrogen-bond donors (Lipinski definition) is 0. The lowest BCUT2D eigenvalue weighted by molar-refractivity contribution is -0.131. The van der Waals surface area contributed by atoms with E-state index in [0.29, 0.717) is 11.4 Å². The van der Waals surface area contributed by atoms with Crippen LogP contribution in [0.5, 0.6) is 5.75 Å². The van der Waals surface area contributed by atoms with Gasteiger partial charge in [-0.1, -0.05) is 0 Å². The van der Waals surface area contributed by atoms with Crippen molar-refractivity contribution in [1.82, 2.24) is 4.98 Å². The third-order valence-corrected chi connectivity index (χ3v) is 1.16. The first kappa shape index (κ1) is 8.28. The molecular formula is C9H7NO2. The highest BCUT2D eigenvalue weighted by Gasteiger charge is 2.02. The van der Waals surface area contributed by atoms with Gasteiger partial charge >= 0.3 is 5.97 Å². The molecule has 0 atom stereocenters. The molecule has 0 amide bonds. The number of esters is 1. The smallest absolute Gasteiger partial charge is 0.308 e. The highest BCUT2D eigenvalue weighted by atomic mass is 16.5. The largest absolute Gasteiger partial charge is 0.424 e. The Hall–Kier alpha value is -1.82. The highest BCUT2D eigenvalue weighted by Crippen LogP contribution is 2.13. The first-order valence-corrected chi connectivity index (χ1v) is 3.34. The van der Waals surface area contributed by atoms with Gasteiger partial charge in [0, 0.05) is 13.1 Å². The fraction of sp³-hybridized carbons (Fsp3) is 0.111. The molecule has 1 aromatic heterocycles. The van der Waals surface area contributed by atoms with Crippen LogP contribution in [0.25, 0.3) is 0 Å². The van der Waals surface area contributed by atoms with E-state index in [2.05, 4.69) is 10.9 Å². The fourth-order valence-electron chi connectivity index (χ4n) is 0.736. The zero-order chi connectivity index (χ0) is 8.97. The van der Waals surface area contributed by atoms with Crippen molar-refractivity contribution in [3.63, 3.8) is 0 Å². The number of nitrogens with zero attached hydrogens (tertiary/aromatic N) is 1. The molecule has 1 heterocycles. The maximum atomic E-state index is 10.6. The van der Waals surface area contributed by atoms with Crippen LogP contribution in [0, 0.1) is 12.3 Å². The molecule has 0 fully saturated rings. The molecule has 12 heavy (non-hydrogen) atoms. The maximum Gasteiger partial charge on any atom is 0.308 e. The van der Waals surface area contributed by atoms with E-state index >= 15 is 0 Å². The molecule has 0 saturated heterocycles. The average molecular weight is 161 g/mol. The molecular weight excluding hydrogens is 154 g/mol. The van der Waals surface area contributed by atoms with E-state index in [1.165, 1.54) is 6.92 Å². The lowest BCUT2D eigenvalue weighted by Crippen LogP contribution is -2.03. The minimum atomic E-state index is -0.403. The Labute approximate surface area is 70.4 Å². The Morgan fingerprint density at radius 3 is 3.08 bits per heavy atom. The molecule has 0 aliphatic carbocycles. The molecule has 3 heteroatoms. The van der Waals surface area contributed by atoms with Crippen molar-refractivity contribution in [3.05, 3.63) is 24.0 Å². The number of carbonyl (C=O) groups excluding carboxylic acids is 1. The van der Waals surface area contributed by atoms with Gasteiger partial charge in [-0.15, -0.1) is 6.42 Å². The zero-order valence-corrected chi connectivity index (χ0v) is 6.57. The molecule has 0 radical (unpaired) electrons. The molecule has 3 nitrogen and oxygen atoms in total. The van der Waals surface area contributed by atoms with Crippen molar-refractivity contribution in [2.75, 3.05) is 0 Å². The summed E-state index contributed by atoms with van der Waals surface area (Å²) in [6.07, 6.45) is 6.67. The van der Waals surface area contributed by atoms with Crippen LogP contribution in [-0.4, -0.2) is 11.0 Å². The van der Waals surface area contributed by atoms with Gasteiger partial charge in [0.05, 0.1) is 0 Å². The van der Waals surface area contributed by atoms with E-state index in [4.69, 9.17) is 11.2 Å². The molecule has 0 unspecified atom stereocenters. The summed E-state index contributed by atoms with van der Waals surface area (Å²) in [5, 5.41) is 0. The molecule has 0 N–H and O–H groups in total. The monoisotopic (exact) mass is 161 g/mol. The van der Waals surface area contributed by atoms with E-state index in [0.717, 1.165) is 0 Å². The van der Waals surface area contributed by atoms with Gasteiger partial charge in [-0.3, -0.25) is 4.79 Å².